The summed E-state index contributed by atoms with van der Waals surface area (Å²) in [5.41, 5.74) is 0. The van der Waals surface area contributed by atoms with Gasteiger partial charge in [0, 0.05) is 19.0 Å². The molecule has 0 aromatic heterocycles. The van der Waals surface area contributed by atoms with E-state index >= 15 is 0 Å². The van der Waals surface area contributed by atoms with E-state index in [4.69, 9.17) is 4.74 Å². The minimum atomic E-state index is 0.104. The van der Waals surface area contributed by atoms with Gasteiger partial charge in [0.25, 0.3) is 0 Å². The quantitative estimate of drug-likeness (QED) is 0.475. The van der Waals surface area contributed by atoms with Crippen LogP contribution in [0.1, 0.15) is 26.2 Å². The number of rotatable bonds is 3. The summed E-state index contributed by atoms with van der Waals surface area (Å²) in [7, 11) is 0. The molecular formula is C9H16N2O. The van der Waals surface area contributed by atoms with Crippen LogP contribution in [0, 0.1) is 0 Å². The minimum absolute atomic E-state index is 0.104. The number of hydrogen-bond acceptors (Lipinski definition) is 3. The molecule has 0 saturated carbocycles. The van der Waals surface area contributed by atoms with Crippen molar-refractivity contribution in [3.05, 3.63) is 12.8 Å². The molecule has 0 aliphatic carbocycles. The summed E-state index contributed by atoms with van der Waals surface area (Å²) in [5, 5.41) is 5.91. The van der Waals surface area contributed by atoms with E-state index in [-0.39, 0.29) is 6.23 Å². The van der Waals surface area contributed by atoms with Gasteiger partial charge in [-0.1, -0.05) is 6.58 Å². The monoisotopic (exact) mass is 168 g/mol. The van der Waals surface area contributed by atoms with Gasteiger partial charge in [-0.15, -0.1) is 0 Å². The maximum Gasteiger partial charge on any atom is 0.150 e. The Morgan fingerprint density at radius 1 is 1.58 bits per heavy atom. The van der Waals surface area contributed by atoms with Crippen LogP contribution in [0.25, 0.3) is 0 Å². The lowest BCUT2D eigenvalue weighted by molar-refractivity contribution is -0.0645. The molecule has 0 aromatic rings. The molecule has 0 amide bonds. The Morgan fingerprint density at radius 3 is 2.92 bits per heavy atom. The van der Waals surface area contributed by atoms with Crippen molar-refractivity contribution < 1.29 is 4.74 Å². The van der Waals surface area contributed by atoms with Crippen molar-refractivity contribution in [3.63, 3.8) is 0 Å². The van der Waals surface area contributed by atoms with Gasteiger partial charge in [-0.05, 0) is 26.2 Å². The fraction of sp³-hybridized carbons (Fsp3) is 0.667. The molecule has 68 valence electrons. The van der Waals surface area contributed by atoms with Crippen molar-refractivity contribution in [2.24, 2.45) is 5.10 Å². The largest absolute Gasteiger partial charge is 0.357 e. The van der Waals surface area contributed by atoms with Crippen molar-refractivity contribution in [2.45, 2.75) is 32.4 Å². The number of hydrazone groups is 1. The molecule has 1 saturated heterocycles. The maximum atomic E-state index is 5.52. The Hall–Kier alpha value is -0.830. The van der Waals surface area contributed by atoms with E-state index in [0.29, 0.717) is 0 Å². The van der Waals surface area contributed by atoms with E-state index in [1.54, 1.807) is 17.4 Å². The van der Waals surface area contributed by atoms with Crippen LogP contribution < -0.4 is 0 Å². The van der Waals surface area contributed by atoms with Gasteiger partial charge in [0.2, 0.25) is 0 Å². The molecule has 1 unspecified atom stereocenters. The van der Waals surface area contributed by atoms with E-state index in [0.717, 1.165) is 19.4 Å². The third-order valence-electron chi connectivity index (χ3n) is 1.89. The highest BCUT2D eigenvalue weighted by atomic mass is 16.5. The molecule has 0 N–H and O–H groups in total. The number of hydrogen-bond donors (Lipinski definition) is 0. The van der Waals surface area contributed by atoms with Gasteiger partial charge in [-0.3, -0.25) is 0 Å². The van der Waals surface area contributed by atoms with Crippen LogP contribution >= 0.6 is 0 Å². The Morgan fingerprint density at radius 2 is 2.42 bits per heavy atom. The maximum absolute atomic E-state index is 5.52. The Bertz CT molecular complexity index is 162. The smallest absolute Gasteiger partial charge is 0.150 e. The molecule has 1 aliphatic heterocycles. The summed E-state index contributed by atoms with van der Waals surface area (Å²) in [5.74, 6) is 0. The Kier molecular flexibility index (Phi) is 3.80. The zero-order valence-corrected chi connectivity index (χ0v) is 7.57. The SMILES string of the molecule is C=CN(/N=C\C)C1CCCCO1. The molecule has 1 aliphatic rings. The van der Waals surface area contributed by atoms with E-state index < -0.39 is 0 Å². The highest BCUT2D eigenvalue weighted by Gasteiger charge is 2.17. The zero-order valence-electron chi connectivity index (χ0n) is 7.57. The summed E-state index contributed by atoms with van der Waals surface area (Å²) in [6.45, 7) is 6.42. The third-order valence-corrected chi connectivity index (χ3v) is 1.89. The summed E-state index contributed by atoms with van der Waals surface area (Å²) < 4.78 is 5.52. The van der Waals surface area contributed by atoms with Crippen molar-refractivity contribution in [2.75, 3.05) is 6.61 Å². The second kappa shape index (κ2) is 4.93. The van der Waals surface area contributed by atoms with E-state index in [1.165, 1.54) is 6.42 Å². The van der Waals surface area contributed by atoms with Crippen molar-refractivity contribution in [3.8, 4) is 0 Å². The van der Waals surface area contributed by atoms with Crippen LogP contribution in [0.3, 0.4) is 0 Å². The van der Waals surface area contributed by atoms with E-state index in [1.807, 2.05) is 6.92 Å². The van der Waals surface area contributed by atoms with Crippen molar-refractivity contribution in [1.29, 1.82) is 0 Å². The van der Waals surface area contributed by atoms with Crippen molar-refractivity contribution >= 4 is 6.21 Å². The summed E-state index contributed by atoms with van der Waals surface area (Å²) in [6.07, 6.45) is 6.98. The fourth-order valence-electron chi connectivity index (χ4n) is 1.30. The van der Waals surface area contributed by atoms with Gasteiger partial charge in [-0.2, -0.15) is 5.10 Å². The molecule has 12 heavy (non-hydrogen) atoms. The van der Waals surface area contributed by atoms with Gasteiger partial charge in [-0.25, -0.2) is 5.01 Å². The van der Waals surface area contributed by atoms with Crippen LogP contribution in [0.2, 0.25) is 0 Å². The van der Waals surface area contributed by atoms with Crippen LogP contribution in [0.15, 0.2) is 17.9 Å². The average molecular weight is 168 g/mol. The fourth-order valence-corrected chi connectivity index (χ4v) is 1.30. The predicted octanol–water partition coefficient (Wildman–Crippen LogP) is 1.96. The van der Waals surface area contributed by atoms with E-state index in [9.17, 15) is 0 Å². The standard InChI is InChI=1S/C9H16N2O/c1-3-10-11(4-2)9-7-5-6-8-12-9/h3-4,9H,2,5-8H2,1H3/b10-3-. The summed E-state index contributed by atoms with van der Waals surface area (Å²) in [6, 6.07) is 0. The number of nitrogens with zero attached hydrogens (tertiary/aromatic N) is 2. The lowest BCUT2D eigenvalue weighted by Gasteiger charge is -2.29. The second-order valence-corrected chi connectivity index (χ2v) is 2.76. The van der Waals surface area contributed by atoms with Gasteiger partial charge in [0.1, 0.15) is 6.23 Å². The zero-order chi connectivity index (χ0) is 8.81. The van der Waals surface area contributed by atoms with Gasteiger partial charge < -0.3 is 4.74 Å². The van der Waals surface area contributed by atoms with Gasteiger partial charge >= 0.3 is 0 Å². The molecule has 0 bridgehead atoms. The van der Waals surface area contributed by atoms with Crippen molar-refractivity contribution in [1.82, 2.24) is 5.01 Å². The minimum Gasteiger partial charge on any atom is -0.357 e. The molecule has 1 rings (SSSR count). The molecule has 0 aromatic carbocycles. The second-order valence-electron chi connectivity index (χ2n) is 2.76. The molecular weight excluding hydrogens is 152 g/mol. The molecule has 1 atom stereocenters. The normalized spacial score (nSPS) is 24.2. The highest BCUT2D eigenvalue weighted by molar-refractivity contribution is 5.52. The lowest BCUT2D eigenvalue weighted by atomic mass is 10.2. The van der Waals surface area contributed by atoms with E-state index in [2.05, 4.69) is 11.7 Å². The topological polar surface area (TPSA) is 24.8 Å². The molecule has 3 heteroatoms. The van der Waals surface area contributed by atoms with Crippen LogP contribution in [0.4, 0.5) is 0 Å². The molecule has 0 radical (unpaired) electrons. The summed E-state index contributed by atoms with van der Waals surface area (Å²) >= 11 is 0. The first kappa shape index (κ1) is 9.26. The third kappa shape index (κ3) is 2.34. The molecule has 0 spiro atoms. The highest BCUT2D eigenvalue weighted by Crippen LogP contribution is 2.16. The summed E-state index contributed by atoms with van der Waals surface area (Å²) in [4.78, 5) is 0. The number of ether oxygens (including phenoxy) is 1. The van der Waals surface area contributed by atoms with Gasteiger partial charge in [0.05, 0.1) is 0 Å². The molecule has 1 fully saturated rings. The Labute approximate surface area is 73.7 Å². The predicted molar refractivity (Wildman–Crippen MR) is 49.8 cm³/mol. The van der Waals surface area contributed by atoms with Crippen LogP contribution in [0.5, 0.6) is 0 Å². The van der Waals surface area contributed by atoms with Gasteiger partial charge in [0.15, 0.2) is 0 Å². The average Bonchev–Trinajstić information content (AvgIpc) is 2.15. The Balaban J connectivity index is 2.45. The van der Waals surface area contributed by atoms with Crippen LogP contribution in [-0.2, 0) is 4.74 Å². The lowest BCUT2D eigenvalue weighted by Crippen LogP contribution is -2.32. The first-order valence-corrected chi connectivity index (χ1v) is 4.39. The van der Waals surface area contributed by atoms with Crippen LogP contribution in [-0.4, -0.2) is 24.1 Å². The molecule has 1 heterocycles. The first-order valence-electron chi connectivity index (χ1n) is 4.39. The first-order chi connectivity index (χ1) is 5.88. The molecule has 3 nitrogen and oxygen atoms in total.